The Labute approximate surface area is 102 Å². The van der Waals surface area contributed by atoms with Crippen molar-refractivity contribution in [1.82, 2.24) is 5.32 Å². The molecule has 2 unspecified atom stereocenters. The molecule has 1 N–H and O–H groups in total. The molecular weight excluding hydrogens is 198 g/mol. The van der Waals surface area contributed by atoms with E-state index in [9.17, 15) is 0 Å². The van der Waals surface area contributed by atoms with Crippen LogP contribution in [0.3, 0.4) is 0 Å². The first kappa shape index (κ1) is 15.9. The Morgan fingerprint density at radius 1 is 1.06 bits per heavy atom. The summed E-state index contributed by atoms with van der Waals surface area (Å²) >= 11 is 0. The molecular formula is C14H31NO. The summed E-state index contributed by atoms with van der Waals surface area (Å²) in [7, 11) is 0. The standard InChI is InChI=1S/C14H31NO/c1-5-8-13(4)11-14(15-9-6-2)12-16-10-7-3/h13-15H,5-12H2,1-4H3. The lowest BCUT2D eigenvalue weighted by Crippen LogP contribution is -2.35. The molecule has 2 atom stereocenters. The molecule has 0 aromatic rings. The Kier molecular flexibility index (Phi) is 11.3. The number of ether oxygens (including phenoxy) is 1. The van der Waals surface area contributed by atoms with Gasteiger partial charge in [-0.15, -0.1) is 0 Å². The van der Waals surface area contributed by atoms with E-state index in [0.717, 1.165) is 32.1 Å². The second-order valence-corrected chi connectivity index (χ2v) is 4.86. The van der Waals surface area contributed by atoms with Crippen molar-refractivity contribution < 1.29 is 4.74 Å². The lowest BCUT2D eigenvalue weighted by atomic mass is 9.97. The van der Waals surface area contributed by atoms with E-state index < -0.39 is 0 Å². The molecule has 2 heteroatoms. The van der Waals surface area contributed by atoms with Gasteiger partial charge >= 0.3 is 0 Å². The molecule has 0 aliphatic carbocycles. The Hall–Kier alpha value is -0.0800. The highest BCUT2D eigenvalue weighted by atomic mass is 16.5. The minimum Gasteiger partial charge on any atom is -0.380 e. The van der Waals surface area contributed by atoms with Gasteiger partial charge in [0.25, 0.3) is 0 Å². The van der Waals surface area contributed by atoms with Crippen molar-refractivity contribution in [2.45, 2.75) is 65.8 Å². The molecule has 0 aromatic carbocycles. The van der Waals surface area contributed by atoms with Crippen molar-refractivity contribution in [3.05, 3.63) is 0 Å². The zero-order chi connectivity index (χ0) is 12.2. The minimum absolute atomic E-state index is 0.549. The zero-order valence-corrected chi connectivity index (χ0v) is 11.7. The summed E-state index contributed by atoms with van der Waals surface area (Å²) in [6, 6.07) is 0.549. The molecule has 0 aliphatic rings. The Morgan fingerprint density at radius 3 is 2.38 bits per heavy atom. The van der Waals surface area contributed by atoms with Gasteiger partial charge in [-0.05, 0) is 31.7 Å². The molecule has 0 fully saturated rings. The smallest absolute Gasteiger partial charge is 0.0619 e. The fraction of sp³-hybridized carbons (Fsp3) is 1.00. The van der Waals surface area contributed by atoms with Crippen LogP contribution in [0.15, 0.2) is 0 Å². The van der Waals surface area contributed by atoms with Crippen LogP contribution in [-0.2, 0) is 4.74 Å². The van der Waals surface area contributed by atoms with Crippen LogP contribution in [0.1, 0.15) is 59.8 Å². The van der Waals surface area contributed by atoms with E-state index in [-0.39, 0.29) is 0 Å². The number of rotatable bonds is 11. The average molecular weight is 229 g/mol. The van der Waals surface area contributed by atoms with E-state index in [1.165, 1.54) is 25.7 Å². The Bertz CT molecular complexity index is 139. The van der Waals surface area contributed by atoms with Crippen LogP contribution in [0.4, 0.5) is 0 Å². The summed E-state index contributed by atoms with van der Waals surface area (Å²) in [6.07, 6.45) is 6.19. The summed E-state index contributed by atoms with van der Waals surface area (Å²) in [5.41, 5.74) is 0. The number of hydrogen-bond donors (Lipinski definition) is 1. The molecule has 2 nitrogen and oxygen atoms in total. The maximum atomic E-state index is 5.66. The van der Waals surface area contributed by atoms with Crippen molar-refractivity contribution in [2.24, 2.45) is 5.92 Å². The van der Waals surface area contributed by atoms with Crippen LogP contribution < -0.4 is 5.32 Å². The highest BCUT2D eigenvalue weighted by Crippen LogP contribution is 2.13. The van der Waals surface area contributed by atoms with E-state index >= 15 is 0 Å². The first-order valence-electron chi connectivity index (χ1n) is 7.05. The molecule has 98 valence electrons. The van der Waals surface area contributed by atoms with Gasteiger partial charge in [0.15, 0.2) is 0 Å². The van der Waals surface area contributed by atoms with Gasteiger partial charge in [-0.2, -0.15) is 0 Å². The molecule has 0 saturated carbocycles. The normalized spacial score (nSPS) is 15.0. The summed E-state index contributed by atoms with van der Waals surface area (Å²) < 4.78 is 5.66. The third kappa shape index (κ3) is 9.17. The van der Waals surface area contributed by atoms with Crippen LogP contribution in [0.2, 0.25) is 0 Å². The van der Waals surface area contributed by atoms with E-state index in [4.69, 9.17) is 4.74 Å². The zero-order valence-electron chi connectivity index (χ0n) is 11.7. The van der Waals surface area contributed by atoms with Crippen LogP contribution >= 0.6 is 0 Å². The summed E-state index contributed by atoms with van der Waals surface area (Å²) in [4.78, 5) is 0. The molecule has 0 rings (SSSR count). The largest absolute Gasteiger partial charge is 0.380 e. The Balaban J connectivity index is 3.78. The second kappa shape index (κ2) is 11.4. The predicted molar refractivity (Wildman–Crippen MR) is 71.9 cm³/mol. The highest BCUT2D eigenvalue weighted by molar-refractivity contribution is 4.69. The summed E-state index contributed by atoms with van der Waals surface area (Å²) in [5.74, 6) is 0.810. The van der Waals surface area contributed by atoms with Crippen molar-refractivity contribution in [3.8, 4) is 0 Å². The lowest BCUT2D eigenvalue weighted by molar-refractivity contribution is 0.104. The van der Waals surface area contributed by atoms with Gasteiger partial charge in [0, 0.05) is 12.6 Å². The lowest BCUT2D eigenvalue weighted by Gasteiger charge is -2.22. The van der Waals surface area contributed by atoms with Gasteiger partial charge in [-0.1, -0.05) is 40.5 Å². The van der Waals surface area contributed by atoms with Crippen molar-refractivity contribution in [3.63, 3.8) is 0 Å². The quantitative estimate of drug-likeness (QED) is 0.547. The van der Waals surface area contributed by atoms with Gasteiger partial charge in [-0.3, -0.25) is 0 Å². The third-order valence-corrected chi connectivity index (χ3v) is 2.82. The molecule has 0 aliphatic heterocycles. The van der Waals surface area contributed by atoms with Crippen LogP contribution in [0.5, 0.6) is 0 Å². The molecule has 16 heavy (non-hydrogen) atoms. The molecule has 0 radical (unpaired) electrons. The minimum atomic E-state index is 0.549. The van der Waals surface area contributed by atoms with Gasteiger partial charge < -0.3 is 10.1 Å². The molecule has 0 saturated heterocycles. The molecule has 0 spiro atoms. The Morgan fingerprint density at radius 2 is 1.81 bits per heavy atom. The van der Waals surface area contributed by atoms with Gasteiger partial charge in [-0.25, -0.2) is 0 Å². The van der Waals surface area contributed by atoms with Crippen molar-refractivity contribution in [1.29, 1.82) is 0 Å². The monoisotopic (exact) mass is 229 g/mol. The molecule has 0 bridgehead atoms. The SMILES string of the molecule is CCCNC(COCCC)CC(C)CCC. The summed E-state index contributed by atoms with van der Waals surface area (Å²) in [5, 5.41) is 3.59. The van der Waals surface area contributed by atoms with Crippen LogP contribution in [-0.4, -0.2) is 25.8 Å². The van der Waals surface area contributed by atoms with Gasteiger partial charge in [0.2, 0.25) is 0 Å². The topological polar surface area (TPSA) is 21.3 Å². The van der Waals surface area contributed by atoms with E-state index in [2.05, 4.69) is 33.0 Å². The number of nitrogens with one attached hydrogen (secondary N) is 1. The predicted octanol–water partition coefficient (Wildman–Crippen LogP) is 3.61. The van der Waals surface area contributed by atoms with Gasteiger partial charge in [0.1, 0.15) is 0 Å². The van der Waals surface area contributed by atoms with Crippen LogP contribution in [0, 0.1) is 5.92 Å². The van der Waals surface area contributed by atoms with E-state index in [1.54, 1.807) is 0 Å². The number of hydrogen-bond acceptors (Lipinski definition) is 2. The maximum Gasteiger partial charge on any atom is 0.0619 e. The second-order valence-electron chi connectivity index (χ2n) is 4.86. The first-order valence-corrected chi connectivity index (χ1v) is 7.05. The highest BCUT2D eigenvalue weighted by Gasteiger charge is 2.12. The fourth-order valence-corrected chi connectivity index (χ4v) is 2.03. The first-order chi connectivity index (χ1) is 7.74. The van der Waals surface area contributed by atoms with Crippen molar-refractivity contribution in [2.75, 3.05) is 19.8 Å². The molecule has 0 amide bonds. The van der Waals surface area contributed by atoms with E-state index in [1.807, 2.05) is 0 Å². The molecule has 0 aromatic heterocycles. The summed E-state index contributed by atoms with van der Waals surface area (Å²) in [6.45, 7) is 11.9. The average Bonchev–Trinajstić information content (AvgIpc) is 2.26. The molecule has 0 heterocycles. The maximum absolute atomic E-state index is 5.66. The van der Waals surface area contributed by atoms with Crippen molar-refractivity contribution >= 4 is 0 Å². The van der Waals surface area contributed by atoms with Crippen LogP contribution in [0.25, 0.3) is 0 Å². The fourth-order valence-electron chi connectivity index (χ4n) is 2.03. The van der Waals surface area contributed by atoms with Gasteiger partial charge in [0.05, 0.1) is 6.61 Å². The van der Waals surface area contributed by atoms with E-state index in [0.29, 0.717) is 6.04 Å². The third-order valence-electron chi connectivity index (χ3n) is 2.82.